The minimum atomic E-state index is -0.132. The lowest BCUT2D eigenvalue weighted by Crippen LogP contribution is -2.26. The summed E-state index contributed by atoms with van der Waals surface area (Å²) in [6, 6.07) is 8.81. The molecular formula is C16H21NO2S. The number of hydrogen-bond acceptors (Lipinski definition) is 4. The summed E-state index contributed by atoms with van der Waals surface area (Å²) in [4.78, 5) is 2.27. The second kappa shape index (κ2) is 6.68. The van der Waals surface area contributed by atoms with E-state index in [9.17, 15) is 5.11 Å². The van der Waals surface area contributed by atoms with E-state index in [4.69, 9.17) is 4.74 Å². The highest BCUT2D eigenvalue weighted by atomic mass is 32.1. The topological polar surface area (TPSA) is 32.7 Å². The molecule has 2 aromatic rings. The third-order valence-corrected chi connectivity index (χ3v) is 4.75. The number of likely N-dealkylation sites (tertiary alicyclic amines) is 1. The lowest BCUT2D eigenvalue weighted by atomic mass is 10.1. The van der Waals surface area contributed by atoms with Gasteiger partial charge in [0.25, 0.3) is 0 Å². The first-order chi connectivity index (χ1) is 9.81. The average molecular weight is 291 g/mol. The van der Waals surface area contributed by atoms with Gasteiger partial charge in [-0.05, 0) is 41.3 Å². The molecule has 0 amide bonds. The number of aliphatic hydroxyl groups is 1. The number of thiophene rings is 1. The van der Waals surface area contributed by atoms with E-state index < -0.39 is 0 Å². The van der Waals surface area contributed by atoms with Crippen molar-refractivity contribution in [2.75, 3.05) is 32.8 Å². The third kappa shape index (κ3) is 3.58. The van der Waals surface area contributed by atoms with Crippen molar-refractivity contribution in [2.24, 2.45) is 0 Å². The van der Waals surface area contributed by atoms with Crippen LogP contribution in [0.25, 0.3) is 10.1 Å². The Kier molecular flexibility index (Phi) is 4.68. The van der Waals surface area contributed by atoms with Crippen LogP contribution in [-0.2, 0) is 11.2 Å². The fourth-order valence-corrected chi connectivity index (χ4v) is 3.44. The molecule has 1 aromatic carbocycles. The summed E-state index contributed by atoms with van der Waals surface area (Å²) in [7, 11) is 0. The third-order valence-electron chi connectivity index (χ3n) is 3.85. The van der Waals surface area contributed by atoms with Gasteiger partial charge in [-0.3, -0.25) is 4.90 Å². The fraction of sp³-hybridized carbons (Fsp3) is 0.500. The Morgan fingerprint density at radius 3 is 3.10 bits per heavy atom. The maximum Gasteiger partial charge on any atom is 0.0679 e. The van der Waals surface area contributed by atoms with Crippen LogP contribution in [0.15, 0.2) is 29.6 Å². The molecule has 1 fully saturated rings. The number of fused-ring (bicyclic) bond motifs is 1. The Morgan fingerprint density at radius 1 is 1.30 bits per heavy atom. The number of rotatable bonds is 6. The standard InChI is InChI=1S/C16H21NO2S/c18-15-3-6-17(12-15)7-9-19-8-4-13-1-2-16-14(11-13)5-10-20-16/h1-2,5,10-11,15,18H,3-4,6-9,12H2. The van der Waals surface area contributed by atoms with Crippen molar-refractivity contribution in [1.82, 2.24) is 4.90 Å². The van der Waals surface area contributed by atoms with E-state index in [1.807, 2.05) is 0 Å². The van der Waals surface area contributed by atoms with Gasteiger partial charge in [-0.2, -0.15) is 0 Å². The molecular weight excluding hydrogens is 270 g/mol. The van der Waals surface area contributed by atoms with E-state index in [1.54, 1.807) is 11.3 Å². The largest absolute Gasteiger partial charge is 0.392 e. The lowest BCUT2D eigenvalue weighted by molar-refractivity contribution is 0.106. The quantitative estimate of drug-likeness (QED) is 0.830. The van der Waals surface area contributed by atoms with Gasteiger partial charge in [-0.15, -0.1) is 11.3 Å². The van der Waals surface area contributed by atoms with Crippen LogP contribution in [0.2, 0.25) is 0 Å². The van der Waals surface area contributed by atoms with E-state index in [2.05, 4.69) is 34.5 Å². The predicted octanol–water partition coefficient (Wildman–Crippen LogP) is 2.53. The van der Waals surface area contributed by atoms with Gasteiger partial charge in [-0.25, -0.2) is 0 Å². The molecule has 1 saturated heterocycles. The Hall–Kier alpha value is -0.940. The summed E-state index contributed by atoms with van der Waals surface area (Å²) in [5.74, 6) is 0. The summed E-state index contributed by atoms with van der Waals surface area (Å²) in [5.41, 5.74) is 1.34. The molecule has 0 radical (unpaired) electrons. The molecule has 3 nitrogen and oxygen atoms in total. The normalized spacial score (nSPS) is 19.9. The van der Waals surface area contributed by atoms with Crippen LogP contribution in [0.3, 0.4) is 0 Å². The molecule has 0 spiro atoms. The van der Waals surface area contributed by atoms with E-state index >= 15 is 0 Å². The number of ether oxygens (including phenoxy) is 1. The van der Waals surface area contributed by atoms with Crippen molar-refractivity contribution in [2.45, 2.75) is 18.9 Å². The highest BCUT2D eigenvalue weighted by Gasteiger charge is 2.19. The summed E-state index contributed by atoms with van der Waals surface area (Å²) in [6.07, 6.45) is 1.74. The van der Waals surface area contributed by atoms with Crippen molar-refractivity contribution in [3.05, 3.63) is 35.2 Å². The molecule has 2 heterocycles. The Balaban J connectivity index is 1.37. The second-order valence-corrected chi connectivity index (χ2v) is 6.35. The highest BCUT2D eigenvalue weighted by Crippen LogP contribution is 2.21. The molecule has 3 rings (SSSR count). The molecule has 1 atom stereocenters. The van der Waals surface area contributed by atoms with Gasteiger partial charge in [0, 0.05) is 24.3 Å². The zero-order chi connectivity index (χ0) is 13.8. The molecule has 1 aromatic heterocycles. The molecule has 4 heteroatoms. The van der Waals surface area contributed by atoms with Gasteiger partial charge in [-0.1, -0.05) is 12.1 Å². The minimum absolute atomic E-state index is 0.132. The van der Waals surface area contributed by atoms with E-state index in [1.165, 1.54) is 15.6 Å². The minimum Gasteiger partial charge on any atom is -0.392 e. The maximum atomic E-state index is 9.44. The van der Waals surface area contributed by atoms with Crippen molar-refractivity contribution in [1.29, 1.82) is 0 Å². The molecule has 0 aliphatic carbocycles. The van der Waals surface area contributed by atoms with Crippen LogP contribution in [0, 0.1) is 0 Å². The average Bonchev–Trinajstić information content (AvgIpc) is 3.06. The lowest BCUT2D eigenvalue weighted by Gasteiger charge is -2.14. The molecule has 108 valence electrons. The van der Waals surface area contributed by atoms with Crippen molar-refractivity contribution in [3.63, 3.8) is 0 Å². The van der Waals surface area contributed by atoms with Gasteiger partial charge >= 0.3 is 0 Å². The fourth-order valence-electron chi connectivity index (χ4n) is 2.67. The van der Waals surface area contributed by atoms with Gasteiger partial charge in [0.2, 0.25) is 0 Å². The van der Waals surface area contributed by atoms with Crippen LogP contribution in [0.4, 0.5) is 0 Å². The van der Waals surface area contributed by atoms with Gasteiger partial charge in [0.05, 0.1) is 19.3 Å². The first-order valence-electron chi connectivity index (χ1n) is 7.25. The van der Waals surface area contributed by atoms with Crippen molar-refractivity contribution < 1.29 is 9.84 Å². The SMILES string of the molecule is OC1CCN(CCOCCc2ccc3sccc3c2)C1. The molecule has 1 unspecified atom stereocenters. The van der Waals surface area contributed by atoms with Crippen LogP contribution < -0.4 is 0 Å². The zero-order valence-corrected chi connectivity index (χ0v) is 12.4. The predicted molar refractivity (Wildman–Crippen MR) is 83.4 cm³/mol. The number of hydrogen-bond donors (Lipinski definition) is 1. The maximum absolute atomic E-state index is 9.44. The highest BCUT2D eigenvalue weighted by molar-refractivity contribution is 7.17. The molecule has 1 aliphatic rings. The van der Waals surface area contributed by atoms with Crippen molar-refractivity contribution in [3.8, 4) is 0 Å². The van der Waals surface area contributed by atoms with Crippen LogP contribution >= 0.6 is 11.3 Å². The summed E-state index contributed by atoms with van der Waals surface area (Å²) >= 11 is 1.79. The van der Waals surface area contributed by atoms with Crippen molar-refractivity contribution >= 4 is 21.4 Å². The molecule has 20 heavy (non-hydrogen) atoms. The summed E-state index contributed by atoms with van der Waals surface area (Å²) in [5, 5.41) is 12.9. The Labute approximate surface area is 123 Å². The van der Waals surface area contributed by atoms with Gasteiger partial charge < -0.3 is 9.84 Å². The van der Waals surface area contributed by atoms with Crippen LogP contribution in [0.5, 0.6) is 0 Å². The monoisotopic (exact) mass is 291 g/mol. The zero-order valence-electron chi connectivity index (χ0n) is 11.6. The molecule has 1 aliphatic heterocycles. The van der Waals surface area contributed by atoms with Gasteiger partial charge in [0.1, 0.15) is 0 Å². The summed E-state index contributed by atoms with van der Waals surface area (Å²) in [6.45, 7) is 4.26. The smallest absolute Gasteiger partial charge is 0.0679 e. The Bertz CT molecular complexity index is 554. The molecule has 0 saturated carbocycles. The van der Waals surface area contributed by atoms with Crippen LogP contribution in [-0.4, -0.2) is 49.0 Å². The van der Waals surface area contributed by atoms with Gasteiger partial charge in [0.15, 0.2) is 0 Å². The van der Waals surface area contributed by atoms with E-state index in [-0.39, 0.29) is 6.10 Å². The summed E-state index contributed by atoms with van der Waals surface area (Å²) < 4.78 is 7.06. The van der Waals surface area contributed by atoms with Crippen LogP contribution in [0.1, 0.15) is 12.0 Å². The number of aliphatic hydroxyl groups excluding tert-OH is 1. The van der Waals surface area contributed by atoms with E-state index in [0.29, 0.717) is 0 Å². The number of nitrogens with zero attached hydrogens (tertiary/aromatic N) is 1. The Morgan fingerprint density at radius 2 is 2.25 bits per heavy atom. The molecule has 0 bridgehead atoms. The molecule has 1 N–H and O–H groups in total. The number of benzene rings is 1. The first kappa shape index (κ1) is 14.0. The first-order valence-corrected chi connectivity index (χ1v) is 8.13. The van der Waals surface area contributed by atoms with E-state index in [0.717, 1.165) is 45.7 Å². The second-order valence-electron chi connectivity index (χ2n) is 5.40. The number of β-amino-alcohol motifs (C(OH)–C–C–N with tert-alkyl or cyclic N) is 1.